The number of amides is 2. The fourth-order valence-corrected chi connectivity index (χ4v) is 4.25. The van der Waals surface area contributed by atoms with Crippen molar-refractivity contribution < 1.29 is 19.1 Å². The molecule has 5 nitrogen and oxygen atoms in total. The van der Waals surface area contributed by atoms with Crippen LogP contribution in [0.2, 0.25) is 0 Å². The molecule has 1 aliphatic heterocycles. The molecule has 1 saturated heterocycles. The van der Waals surface area contributed by atoms with E-state index in [1.807, 2.05) is 6.92 Å². The molecule has 1 aromatic rings. The monoisotopic (exact) mass is 311 g/mol. The van der Waals surface area contributed by atoms with Gasteiger partial charge < -0.3 is 4.74 Å². The van der Waals surface area contributed by atoms with Gasteiger partial charge in [-0.2, -0.15) is 0 Å². The second kappa shape index (κ2) is 4.78. The first kappa shape index (κ1) is 14.2. The molecule has 3 aliphatic rings. The second-order valence-corrected chi connectivity index (χ2v) is 6.55. The Morgan fingerprint density at radius 3 is 2.26 bits per heavy atom. The summed E-state index contributed by atoms with van der Waals surface area (Å²) >= 11 is 0. The molecule has 118 valence electrons. The van der Waals surface area contributed by atoms with Gasteiger partial charge in [0.1, 0.15) is 5.75 Å². The van der Waals surface area contributed by atoms with Crippen molar-refractivity contribution in [2.45, 2.75) is 20.3 Å². The maximum atomic E-state index is 12.8. The zero-order valence-electron chi connectivity index (χ0n) is 13.0. The Labute approximate surface area is 133 Å². The molecule has 4 rings (SSSR count). The van der Waals surface area contributed by atoms with E-state index in [9.17, 15) is 14.4 Å². The van der Waals surface area contributed by atoms with Crippen molar-refractivity contribution in [2.24, 2.45) is 23.7 Å². The number of hydrogen-bond acceptors (Lipinski definition) is 4. The summed E-state index contributed by atoms with van der Waals surface area (Å²) in [6.07, 6.45) is 5.08. The summed E-state index contributed by atoms with van der Waals surface area (Å²) in [7, 11) is 0. The minimum atomic E-state index is -0.400. The van der Waals surface area contributed by atoms with Crippen molar-refractivity contribution in [2.75, 3.05) is 4.90 Å². The highest BCUT2D eigenvalue weighted by molar-refractivity contribution is 6.23. The standard InChI is InChI=1S/C18H17NO4/c1-9-7-13(23-10(2)20)5-6-14(9)19-17(21)15-11-3-4-12(8-11)16(15)18(19)22/h3-7,11-12,15-16H,8H2,1-2H3/t11-,12-,15-,16-/m0/s1. The fraction of sp³-hybridized carbons (Fsp3) is 0.389. The summed E-state index contributed by atoms with van der Waals surface area (Å²) in [5, 5.41) is 0. The first-order valence-corrected chi connectivity index (χ1v) is 7.82. The van der Waals surface area contributed by atoms with Crippen LogP contribution in [-0.4, -0.2) is 17.8 Å². The number of anilines is 1. The first-order chi connectivity index (χ1) is 11.0. The van der Waals surface area contributed by atoms with Crippen LogP contribution in [0.4, 0.5) is 5.69 Å². The molecule has 0 spiro atoms. The normalized spacial score (nSPS) is 31.0. The average molecular weight is 311 g/mol. The molecule has 1 aromatic carbocycles. The Bertz CT molecular complexity index is 736. The lowest BCUT2D eigenvalue weighted by Crippen LogP contribution is -2.33. The molecule has 2 amide bonds. The topological polar surface area (TPSA) is 63.7 Å². The van der Waals surface area contributed by atoms with Crippen molar-refractivity contribution in [3.63, 3.8) is 0 Å². The van der Waals surface area contributed by atoms with E-state index in [2.05, 4.69) is 12.2 Å². The SMILES string of the molecule is CC(=O)Oc1ccc(N2C(=O)[C@@H]3[C@@H](C2=O)[C@H]2C=C[C@H]3C2)c(C)c1. The number of benzene rings is 1. The van der Waals surface area contributed by atoms with E-state index in [-0.39, 0.29) is 35.5 Å². The summed E-state index contributed by atoms with van der Waals surface area (Å²) in [5.74, 6) is -0.183. The minimum absolute atomic E-state index is 0.0970. The number of esters is 1. The number of nitrogens with zero attached hydrogens (tertiary/aromatic N) is 1. The molecule has 2 bridgehead atoms. The summed E-state index contributed by atoms with van der Waals surface area (Å²) in [6, 6.07) is 4.98. The molecule has 4 atom stereocenters. The van der Waals surface area contributed by atoms with Crippen molar-refractivity contribution >= 4 is 23.5 Å². The summed E-state index contributed by atoms with van der Waals surface area (Å²) in [4.78, 5) is 37.9. The Morgan fingerprint density at radius 1 is 1.13 bits per heavy atom. The molecule has 0 N–H and O–H groups in total. The van der Waals surface area contributed by atoms with Crippen molar-refractivity contribution in [3.05, 3.63) is 35.9 Å². The Hall–Kier alpha value is -2.43. The van der Waals surface area contributed by atoms with Crippen molar-refractivity contribution in [3.8, 4) is 5.75 Å². The largest absolute Gasteiger partial charge is 0.427 e. The number of carbonyl (C=O) groups is 3. The van der Waals surface area contributed by atoms with Crippen LogP contribution >= 0.6 is 0 Å². The highest BCUT2D eigenvalue weighted by Gasteiger charge is 2.59. The molecule has 0 radical (unpaired) electrons. The van der Waals surface area contributed by atoms with E-state index in [4.69, 9.17) is 4.74 Å². The van der Waals surface area contributed by atoms with Crippen LogP contribution in [0.25, 0.3) is 0 Å². The summed E-state index contributed by atoms with van der Waals surface area (Å²) in [5.41, 5.74) is 1.33. The van der Waals surface area contributed by atoms with Gasteiger partial charge in [0.2, 0.25) is 11.8 Å². The van der Waals surface area contributed by atoms with Gasteiger partial charge in [-0.25, -0.2) is 4.90 Å². The van der Waals surface area contributed by atoms with E-state index >= 15 is 0 Å². The summed E-state index contributed by atoms with van der Waals surface area (Å²) < 4.78 is 5.05. The quantitative estimate of drug-likeness (QED) is 0.364. The van der Waals surface area contributed by atoms with Gasteiger partial charge in [-0.1, -0.05) is 12.2 Å². The van der Waals surface area contributed by atoms with E-state index in [0.717, 1.165) is 12.0 Å². The lowest BCUT2D eigenvalue weighted by atomic mass is 9.85. The molecule has 23 heavy (non-hydrogen) atoms. The molecule has 0 unspecified atom stereocenters. The third kappa shape index (κ3) is 1.96. The zero-order valence-corrected chi connectivity index (χ0v) is 13.0. The smallest absolute Gasteiger partial charge is 0.308 e. The zero-order chi connectivity index (χ0) is 16.3. The highest BCUT2D eigenvalue weighted by Crippen LogP contribution is 2.53. The molecule has 2 fully saturated rings. The van der Waals surface area contributed by atoms with Crippen molar-refractivity contribution in [1.29, 1.82) is 0 Å². The van der Waals surface area contributed by atoms with Gasteiger partial charge in [0.25, 0.3) is 0 Å². The van der Waals surface area contributed by atoms with E-state index < -0.39 is 5.97 Å². The maximum Gasteiger partial charge on any atom is 0.308 e. The van der Waals surface area contributed by atoms with Crippen LogP contribution in [0.15, 0.2) is 30.4 Å². The molecule has 0 aromatic heterocycles. The number of hydrogen-bond donors (Lipinski definition) is 0. The number of fused-ring (bicyclic) bond motifs is 5. The number of aryl methyl sites for hydroxylation is 1. The maximum absolute atomic E-state index is 12.8. The number of imide groups is 1. The van der Waals surface area contributed by atoms with Crippen molar-refractivity contribution in [1.82, 2.24) is 0 Å². The molecule has 5 heteroatoms. The van der Waals surface area contributed by atoms with Crippen LogP contribution in [0, 0.1) is 30.6 Å². The molecule has 1 saturated carbocycles. The Kier molecular flexibility index (Phi) is 2.95. The number of rotatable bonds is 2. The van der Waals surface area contributed by atoms with Gasteiger partial charge >= 0.3 is 5.97 Å². The van der Waals surface area contributed by atoms with Crippen LogP contribution in [0.5, 0.6) is 5.75 Å². The predicted octanol–water partition coefficient (Wildman–Crippen LogP) is 2.23. The van der Waals surface area contributed by atoms with E-state index in [1.165, 1.54) is 11.8 Å². The van der Waals surface area contributed by atoms with Crippen LogP contribution in [0.3, 0.4) is 0 Å². The average Bonchev–Trinajstić information content (AvgIpc) is 3.14. The first-order valence-electron chi connectivity index (χ1n) is 7.82. The lowest BCUT2D eigenvalue weighted by molar-refractivity contribution is -0.132. The third-order valence-corrected chi connectivity index (χ3v) is 5.14. The summed E-state index contributed by atoms with van der Waals surface area (Å²) in [6.45, 7) is 3.14. The molecular weight excluding hydrogens is 294 g/mol. The number of allylic oxidation sites excluding steroid dienone is 2. The van der Waals surface area contributed by atoms with Gasteiger partial charge in [0.05, 0.1) is 17.5 Å². The lowest BCUT2D eigenvalue weighted by Gasteiger charge is -2.19. The fourth-order valence-electron chi connectivity index (χ4n) is 4.25. The van der Waals surface area contributed by atoms with Crippen LogP contribution in [0.1, 0.15) is 18.9 Å². The minimum Gasteiger partial charge on any atom is -0.427 e. The second-order valence-electron chi connectivity index (χ2n) is 6.55. The van der Waals surface area contributed by atoms with Gasteiger partial charge in [0, 0.05) is 6.92 Å². The van der Waals surface area contributed by atoms with Crippen LogP contribution < -0.4 is 9.64 Å². The van der Waals surface area contributed by atoms with Crippen LogP contribution in [-0.2, 0) is 14.4 Å². The molecule has 1 heterocycles. The third-order valence-electron chi connectivity index (χ3n) is 5.14. The Morgan fingerprint density at radius 2 is 1.74 bits per heavy atom. The van der Waals surface area contributed by atoms with E-state index in [0.29, 0.717) is 11.4 Å². The number of ether oxygens (including phenoxy) is 1. The highest BCUT2D eigenvalue weighted by atomic mass is 16.5. The van der Waals surface area contributed by atoms with Gasteiger partial charge in [0.15, 0.2) is 0 Å². The molecular formula is C18H17NO4. The predicted molar refractivity (Wildman–Crippen MR) is 82.7 cm³/mol. The molecule has 2 aliphatic carbocycles. The Balaban J connectivity index is 1.68. The van der Waals surface area contributed by atoms with Gasteiger partial charge in [-0.3, -0.25) is 14.4 Å². The van der Waals surface area contributed by atoms with Gasteiger partial charge in [-0.05, 0) is 48.9 Å². The van der Waals surface area contributed by atoms with E-state index in [1.54, 1.807) is 18.2 Å². The number of carbonyl (C=O) groups excluding carboxylic acids is 3. The van der Waals surface area contributed by atoms with Gasteiger partial charge in [-0.15, -0.1) is 0 Å².